The largest absolute Gasteiger partial charge is 0.366 e. The number of carbonyl (C=O) groups is 2. The molecule has 2 aromatic rings. The molecule has 1 aliphatic heterocycles. The summed E-state index contributed by atoms with van der Waals surface area (Å²) in [5, 5.41) is 2.95. The zero-order valence-corrected chi connectivity index (χ0v) is 13.1. The van der Waals surface area contributed by atoms with Gasteiger partial charge in [-0.1, -0.05) is 12.1 Å². The number of amides is 2. The highest BCUT2D eigenvalue weighted by atomic mass is 32.1. The molecular formula is C16H17N3O2S. The molecule has 1 aromatic carbocycles. The number of hydrogen-bond donors (Lipinski definition) is 1. The molecule has 114 valence electrons. The minimum Gasteiger partial charge on any atom is -0.366 e. The molecule has 2 N–H and O–H groups in total. The lowest BCUT2D eigenvalue weighted by molar-refractivity contribution is 0.0730. The molecular weight excluding hydrogens is 298 g/mol. The van der Waals surface area contributed by atoms with E-state index in [2.05, 4.69) is 4.98 Å². The number of primary amides is 1. The molecule has 1 aliphatic rings. The lowest BCUT2D eigenvalue weighted by Crippen LogP contribution is -2.32. The third-order valence-corrected chi connectivity index (χ3v) is 4.92. The van der Waals surface area contributed by atoms with E-state index in [-0.39, 0.29) is 17.5 Å². The summed E-state index contributed by atoms with van der Waals surface area (Å²) < 4.78 is 0. The molecule has 1 fully saturated rings. The maximum Gasteiger partial charge on any atom is 0.255 e. The maximum absolute atomic E-state index is 12.9. The first-order valence-electron chi connectivity index (χ1n) is 7.19. The molecule has 0 saturated carbocycles. The fourth-order valence-corrected chi connectivity index (χ4v) is 3.77. The Morgan fingerprint density at radius 2 is 2.05 bits per heavy atom. The number of hydrogen-bond acceptors (Lipinski definition) is 4. The predicted molar refractivity (Wildman–Crippen MR) is 84.8 cm³/mol. The van der Waals surface area contributed by atoms with E-state index in [4.69, 9.17) is 5.73 Å². The van der Waals surface area contributed by atoms with Crippen LogP contribution in [0.2, 0.25) is 0 Å². The van der Waals surface area contributed by atoms with E-state index in [1.54, 1.807) is 40.5 Å². The quantitative estimate of drug-likeness (QED) is 0.945. The molecule has 1 aromatic heterocycles. The van der Waals surface area contributed by atoms with Crippen LogP contribution in [0.3, 0.4) is 0 Å². The average molecular weight is 315 g/mol. The Kier molecular flexibility index (Phi) is 3.94. The second-order valence-electron chi connectivity index (χ2n) is 5.39. The van der Waals surface area contributed by atoms with Gasteiger partial charge in [0.25, 0.3) is 5.91 Å². The van der Waals surface area contributed by atoms with Gasteiger partial charge in [-0.15, -0.1) is 11.3 Å². The van der Waals surface area contributed by atoms with Crippen molar-refractivity contribution in [2.45, 2.75) is 25.8 Å². The Balaban J connectivity index is 1.93. The van der Waals surface area contributed by atoms with Crippen molar-refractivity contribution in [3.8, 4) is 0 Å². The lowest BCUT2D eigenvalue weighted by atomic mass is 10.1. The van der Waals surface area contributed by atoms with Gasteiger partial charge in [-0.2, -0.15) is 0 Å². The number of rotatable bonds is 3. The van der Waals surface area contributed by atoms with E-state index in [0.717, 1.165) is 23.5 Å². The summed E-state index contributed by atoms with van der Waals surface area (Å²) in [5.41, 5.74) is 6.99. The van der Waals surface area contributed by atoms with Crippen LogP contribution in [0.15, 0.2) is 29.6 Å². The van der Waals surface area contributed by atoms with Crippen LogP contribution in [0.4, 0.5) is 0 Å². The predicted octanol–water partition coefficient (Wildman–Crippen LogP) is 2.53. The van der Waals surface area contributed by atoms with Gasteiger partial charge in [0, 0.05) is 17.6 Å². The fourth-order valence-electron chi connectivity index (χ4n) is 2.83. The molecule has 0 radical (unpaired) electrons. The van der Waals surface area contributed by atoms with Gasteiger partial charge in [0.2, 0.25) is 5.91 Å². The molecule has 3 rings (SSSR count). The smallest absolute Gasteiger partial charge is 0.255 e. The Labute approximate surface area is 132 Å². The topological polar surface area (TPSA) is 76.3 Å². The van der Waals surface area contributed by atoms with Gasteiger partial charge in [-0.05, 0) is 31.9 Å². The molecule has 5 nitrogen and oxygen atoms in total. The van der Waals surface area contributed by atoms with E-state index in [1.165, 1.54) is 0 Å². The van der Waals surface area contributed by atoms with Crippen LogP contribution < -0.4 is 5.73 Å². The number of thiazole rings is 1. The number of carbonyl (C=O) groups excluding carboxylic acids is 2. The number of likely N-dealkylation sites (tertiary alicyclic amines) is 1. The third kappa shape index (κ3) is 2.62. The summed E-state index contributed by atoms with van der Waals surface area (Å²) in [7, 11) is 0. The Bertz CT molecular complexity index is 726. The van der Waals surface area contributed by atoms with Gasteiger partial charge >= 0.3 is 0 Å². The van der Waals surface area contributed by atoms with Gasteiger partial charge in [0.1, 0.15) is 5.01 Å². The molecule has 0 spiro atoms. The van der Waals surface area contributed by atoms with Crippen molar-refractivity contribution in [1.82, 2.24) is 9.88 Å². The zero-order valence-electron chi connectivity index (χ0n) is 12.3. The van der Waals surface area contributed by atoms with Crippen molar-refractivity contribution in [2.75, 3.05) is 6.54 Å². The van der Waals surface area contributed by atoms with Crippen LogP contribution in [0, 0.1) is 6.92 Å². The summed E-state index contributed by atoms with van der Waals surface area (Å²) in [6, 6.07) is 6.70. The number of nitrogens with zero attached hydrogens (tertiary/aromatic N) is 2. The minimum absolute atomic E-state index is 0.00728. The monoisotopic (exact) mass is 315 g/mol. The van der Waals surface area contributed by atoms with Crippen LogP contribution in [-0.4, -0.2) is 28.2 Å². The molecule has 6 heteroatoms. The number of aromatic nitrogens is 1. The van der Waals surface area contributed by atoms with Gasteiger partial charge in [0.15, 0.2) is 0 Å². The number of aryl methyl sites for hydroxylation is 1. The van der Waals surface area contributed by atoms with E-state index >= 15 is 0 Å². The molecule has 1 saturated heterocycles. The van der Waals surface area contributed by atoms with Crippen LogP contribution >= 0.6 is 11.3 Å². The highest BCUT2D eigenvalue weighted by Gasteiger charge is 2.33. The van der Waals surface area contributed by atoms with Gasteiger partial charge in [-0.25, -0.2) is 4.98 Å². The number of nitrogens with two attached hydrogens (primary N) is 1. The van der Waals surface area contributed by atoms with Crippen molar-refractivity contribution in [3.05, 3.63) is 51.5 Å². The second-order valence-corrected chi connectivity index (χ2v) is 6.28. The van der Waals surface area contributed by atoms with Gasteiger partial charge < -0.3 is 10.6 Å². The number of benzene rings is 1. The Morgan fingerprint density at radius 1 is 1.32 bits per heavy atom. The highest BCUT2D eigenvalue weighted by molar-refractivity contribution is 7.09. The first kappa shape index (κ1) is 14.7. The highest BCUT2D eigenvalue weighted by Crippen LogP contribution is 2.35. The molecule has 0 aliphatic carbocycles. The van der Waals surface area contributed by atoms with E-state index in [0.29, 0.717) is 12.1 Å². The normalized spacial score (nSPS) is 17.7. The standard InChI is InChI=1S/C16H17N3O2S/c1-10-9-22-15(18-10)13-7-4-8-19(13)16(21)12-6-3-2-5-11(12)14(17)20/h2-3,5-6,9,13H,4,7-8H2,1H3,(H2,17,20). The van der Waals surface area contributed by atoms with Crippen LogP contribution in [-0.2, 0) is 0 Å². The molecule has 0 bridgehead atoms. The first-order valence-corrected chi connectivity index (χ1v) is 8.07. The van der Waals surface area contributed by atoms with Crippen molar-refractivity contribution >= 4 is 23.2 Å². The molecule has 1 atom stereocenters. The van der Waals surface area contributed by atoms with Gasteiger partial charge in [0.05, 0.1) is 17.2 Å². The average Bonchev–Trinajstić information content (AvgIpc) is 3.14. The lowest BCUT2D eigenvalue weighted by Gasteiger charge is -2.24. The fraction of sp³-hybridized carbons (Fsp3) is 0.312. The maximum atomic E-state index is 12.9. The van der Waals surface area contributed by atoms with Crippen LogP contribution in [0.1, 0.15) is 50.3 Å². The third-order valence-electron chi connectivity index (χ3n) is 3.86. The summed E-state index contributed by atoms with van der Waals surface area (Å²) >= 11 is 1.58. The summed E-state index contributed by atoms with van der Waals surface area (Å²) in [6.07, 6.45) is 1.84. The molecule has 2 amide bonds. The van der Waals surface area contributed by atoms with E-state index in [9.17, 15) is 9.59 Å². The SMILES string of the molecule is Cc1csc(C2CCCN2C(=O)c2ccccc2C(N)=O)n1. The Morgan fingerprint density at radius 3 is 2.68 bits per heavy atom. The Hall–Kier alpha value is -2.21. The van der Waals surface area contributed by atoms with E-state index < -0.39 is 5.91 Å². The van der Waals surface area contributed by atoms with Gasteiger partial charge in [-0.3, -0.25) is 9.59 Å². The summed E-state index contributed by atoms with van der Waals surface area (Å²) in [6.45, 7) is 2.62. The molecule has 1 unspecified atom stereocenters. The molecule has 22 heavy (non-hydrogen) atoms. The summed E-state index contributed by atoms with van der Waals surface area (Å²) in [4.78, 5) is 30.7. The minimum atomic E-state index is -0.579. The summed E-state index contributed by atoms with van der Waals surface area (Å²) in [5.74, 6) is -0.727. The van der Waals surface area contributed by atoms with Crippen molar-refractivity contribution in [3.63, 3.8) is 0 Å². The zero-order chi connectivity index (χ0) is 15.7. The van der Waals surface area contributed by atoms with Crippen molar-refractivity contribution in [1.29, 1.82) is 0 Å². The van der Waals surface area contributed by atoms with Crippen molar-refractivity contribution < 1.29 is 9.59 Å². The van der Waals surface area contributed by atoms with Crippen LogP contribution in [0.25, 0.3) is 0 Å². The second kappa shape index (κ2) is 5.88. The van der Waals surface area contributed by atoms with Crippen LogP contribution in [0.5, 0.6) is 0 Å². The first-order chi connectivity index (χ1) is 10.6. The van der Waals surface area contributed by atoms with Crippen molar-refractivity contribution in [2.24, 2.45) is 5.73 Å². The molecule has 2 heterocycles. The van der Waals surface area contributed by atoms with E-state index in [1.807, 2.05) is 12.3 Å².